The monoisotopic (exact) mass is 359 g/mol. The van der Waals surface area contributed by atoms with Gasteiger partial charge in [-0.1, -0.05) is 24.3 Å². The molecule has 6 nitrogen and oxygen atoms in total. The number of ether oxygens (including phenoxy) is 1. The summed E-state index contributed by atoms with van der Waals surface area (Å²) in [5.74, 6) is 0.612. The zero-order valence-corrected chi connectivity index (χ0v) is 13.5. The third-order valence-electron chi connectivity index (χ3n) is 3.63. The van der Waals surface area contributed by atoms with E-state index in [1.54, 1.807) is 19.2 Å². The molecule has 0 saturated heterocycles. The maximum Gasteiger partial charge on any atom is 0.417 e. The van der Waals surface area contributed by atoms with Gasteiger partial charge in [0.15, 0.2) is 11.6 Å². The average Bonchev–Trinajstić information content (AvgIpc) is 3.00. The van der Waals surface area contributed by atoms with E-state index in [0.717, 1.165) is 6.07 Å². The molecule has 0 aliphatic heterocycles. The second kappa shape index (κ2) is 6.84. The maximum absolute atomic E-state index is 13.2. The molecule has 0 aliphatic carbocycles. The van der Waals surface area contributed by atoms with Gasteiger partial charge in [0.05, 0.1) is 5.56 Å². The van der Waals surface area contributed by atoms with Gasteiger partial charge in [-0.15, -0.1) is 10.2 Å². The molecule has 1 aromatic carbocycles. The van der Waals surface area contributed by atoms with Crippen LogP contribution in [0.2, 0.25) is 0 Å². The molecule has 132 valence electrons. The predicted octanol–water partition coefficient (Wildman–Crippen LogP) is 3.35. The number of aromatic nitrogens is 4. The minimum atomic E-state index is -4.50. The van der Waals surface area contributed by atoms with Crippen LogP contribution in [0.15, 0.2) is 42.5 Å². The molecule has 0 N–H and O–H groups in total. The first-order chi connectivity index (χ1) is 12.4. The Labute approximate surface area is 146 Å². The van der Waals surface area contributed by atoms with Gasteiger partial charge < -0.3 is 9.30 Å². The van der Waals surface area contributed by atoms with Crippen LogP contribution in [0.25, 0.3) is 11.4 Å². The molecule has 0 unspecified atom stereocenters. The third-order valence-corrected chi connectivity index (χ3v) is 3.63. The van der Waals surface area contributed by atoms with Gasteiger partial charge in [-0.05, 0) is 12.1 Å². The quantitative estimate of drug-likeness (QED) is 0.714. The summed E-state index contributed by atoms with van der Waals surface area (Å²) in [7, 11) is 1.56. The molecule has 2 heterocycles. The highest BCUT2D eigenvalue weighted by atomic mass is 19.4. The first-order valence-electron chi connectivity index (χ1n) is 7.45. The zero-order chi connectivity index (χ0) is 18.7. The third kappa shape index (κ3) is 3.49. The first kappa shape index (κ1) is 17.4. The molecule has 3 rings (SSSR count). The Morgan fingerprint density at radius 2 is 1.88 bits per heavy atom. The van der Waals surface area contributed by atoms with Crippen LogP contribution in [0.5, 0.6) is 5.88 Å². The smallest absolute Gasteiger partial charge is 0.417 e. The van der Waals surface area contributed by atoms with E-state index in [9.17, 15) is 13.2 Å². The fourth-order valence-corrected chi connectivity index (χ4v) is 2.34. The van der Waals surface area contributed by atoms with E-state index in [0.29, 0.717) is 5.82 Å². The molecule has 2 aromatic heterocycles. The van der Waals surface area contributed by atoms with Gasteiger partial charge in [-0.2, -0.15) is 18.4 Å². The van der Waals surface area contributed by atoms with Crippen LogP contribution >= 0.6 is 0 Å². The molecule has 0 radical (unpaired) electrons. The predicted molar refractivity (Wildman–Crippen MR) is 84.7 cm³/mol. The van der Waals surface area contributed by atoms with Crippen LogP contribution in [0.1, 0.15) is 17.1 Å². The Bertz CT molecular complexity index is 975. The lowest BCUT2D eigenvalue weighted by Crippen LogP contribution is -2.09. The largest absolute Gasteiger partial charge is 0.469 e. The van der Waals surface area contributed by atoms with Crippen molar-refractivity contribution in [2.75, 3.05) is 0 Å². The molecular weight excluding hydrogens is 347 g/mol. The second-order valence-electron chi connectivity index (χ2n) is 5.30. The van der Waals surface area contributed by atoms with Crippen molar-refractivity contribution in [3.8, 4) is 23.3 Å². The number of nitriles is 1. The molecule has 0 aliphatic rings. The topological polar surface area (TPSA) is 76.6 Å². The Morgan fingerprint density at radius 3 is 2.62 bits per heavy atom. The van der Waals surface area contributed by atoms with Gasteiger partial charge >= 0.3 is 6.18 Å². The van der Waals surface area contributed by atoms with Crippen molar-refractivity contribution < 1.29 is 17.9 Å². The van der Waals surface area contributed by atoms with Gasteiger partial charge in [0, 0.05) is 18.7 Å². The van der Waals surface area contributed by atoms with Crippen molar-refractivity contribution in [1.29, 1.82) is 5.26 Å². The maximum atomic E-state index is 13.2. The van der Waals surface area contributed by atoms with Gasteiger partial charge in [0.1, 0.15) is 18.4 Å². The number of alkyl halides is 3. The molecule has 0 fully saturated rings. The summed E-state index contributed by atoms with van der Waals surface area (Å²) in [4.78, 5) is 3.96. The van der Waals surface area contributed by atoms with Crippen LogP contribution < -0.4 is 4.74 Å². The van der Waals surface area contributed by atoms with E-state index >= 15 is 0 Å². The second-order valence-corrected chi connectivity index (χ2v) is 5.30. The van der Waals surface area contributed by atoms with E-state index in [4.69, 9.17) is 10.00 Å². The number of halogens is 3. The number of hydrogen-bond acceptors (Lipinski definition) is 5. The number of rotatable bonds is 4. The summed E-state index contributed by atoms with van der Waals surface area (Å²) < 4.78 is 46.5. The SMILES string of the molecule is Cn1c(COc2cccc(C#N)n2)nnc1-c1ccccc1C(F)(F)F. The summed E-state index contributed by atoms with van der Waals surface area (Å²) in [6.07, 6.45) is -4.50. The molecule has 0 saturated carbocycles. The normalized spacial score (nSPS) is 11.2. The van der Waals surface area contributed by atoms with Crippen LogP contribution in [-0.2, 0) is 19.8 Å². The Balaban J connectivity index is 1.86. The lowest BCUT2D eigenvalue weighted by molar-refractivity contribution is -0.137. The molecule has 0 atom stereocenters. The van der Waals surface area contributed by atoms with Crippen molar-refractivity contribution >= 4 is 0 Å². The number of pyridine rings is 1. The minimum Gasteiger partial charge on any atom is -0.469 e. The van der Waals surface area contributed by atoms with Crippen LogP contribution in [0.3, 0.4) is 0 Å². The Hall–Kier alpha value is -3.41. The summed E-state index contributed by atoms with van der Waals surface area (Å²) >= 11 is 0. The van der Waals surface area contributed by atoms with E-state index < -0.39 is 11.7 Å². The Morgan fingerprint density at radius 1 is 1.12 bits per heavy atom. The molecule has 3 aromatic rings. The van der Waals surface area contributed by atoms with Crippen molar-refractivity contribution in [3.05, 3.63) is 59.5 Å². The highest BCUT2D eigenvalue weighted by Gasteiger charge is 2.34. The lowest BCUT2D eigenvalue weighted by Gasteiger charge is -2.12. The van der Waals surface area contributed by atoms with Crippen LogP contribution in [0.4, 0.5) is 13.2 Å². The lowest BCUT2D eigenvalue weighted by atomic mass is 10.1. The van der Waals surface area contributed by atoms with E-state index in [1.807, 2.05) is 6.07 Å². The molecule has 26 heavy (non-hydrogen) atoms. The van der Waals surface area contributed by atoms with Gasteiger partial charge in [-0.25, -0.2) is 4.98 Å². The van der Waals surface area contributed by atoms with Gasteiger partial charge in [-0.3, -0.25) is 0 Å². The molecule has 9 heteroatoms. The van der Waals surface area contributed by atoms with E-state index in [2.05, 4.69) is 15.2 Å². The number of benzene rings is 1. The van der Waals surface area contributed by atoms with Gasteiger partial charge in [0.25, 0.3) is 0 Å². The van der Waals surface area contributed by atoms with Crippen LogP contribution in [0, 0.1) is 11.3 Å². The zero-order valence-electron chi connectivity index (χ0n) is 13.5. The standard InChI is InChI=1S/C17H12F3N5O/c1-25-14(10-26-15-8-4-5-11(9-21)22-15)23-24-16(25)12-6-2-3-7-13(12)17(18,19)20/h2-8H,10H2,1H3. The van der Waals surface area contributed by atoms with Crippen molar-refractivity contribution in [1.82, 2.24) is 19.7 Å². The Kier molecular flexibility index (Phi) is 4.58. The highest BCUT2D eigenvalue weighted by molar-refractivity contribution is 5.61. The molecular formula is C17H12F3N5O. The van der Waals surface area contributed by atoms with Crippen molar-refractivity contribution in [3.63, 3.8) is 0 Å². The van der Waals surface area contributed by atoms with Crippen LogP contribution in [-0.4, -0.2) is 19.7 Å². The molecule has 0 spiro atoms. The minimum absolute atomic E-state index is 0.0560. The van der Waals surface area contributed by atoms with E-state index in [-0.39, 0.29) is 29.6 Å². The summed E-state index contributed by atoms with van der Waals surface area (Å²) in [6.45, 7) is -0.0560. The van der Waals surface area contributed by atoms with Gasteiger partial charge in [0.2, 0.25) is 5.88 Å². The summed E-state index contributed by atoms with van der Waals surface area (Å²) in [6, 6.07) is 11.8. The van der Waals surface area contributed by atoms with Crippen molar-refractivity contribution in [2.24, 2.45) is 7.05 Å². The number of nitrogens with zero attached hydrogens (tertiary/aromatic N) is 5. The van der Waals surface area contributed by atoms with E-state index in [1.165, 1.54) is 28.8 Å². The highest BCUT2D eigenvalue weighted by Crippen LogP contribution is 2.36. The first-order valence-corrected chi connectivity index (χ1v) is 7.45. The van der Waals surface area contributed by atoms with Crippen molar-refractivity contribution in [2.45, 2.75) is 12.8 Å². The summed E-state index contributed by atoms with van der Waals surface area (Å²) in [5, 5.41) is 16.6. The fraction of sp³-hybridized carbons (Fsp3) is 0.176. The molecule has 0 amide bonds. The number of hydrogen-bond donors (Lipinski definition) is 0. The molecule has 0 bridgehead atoms. The summed E-state index contributed by atoms with van der Waals surface area (Å²) in [5.41, 5.74) is -0.655. The average molecular weight is 359 g/mol. The fourth-order valence-electron chi connectivity index (χ4n) is 2.34.